The van der Waals surface area contributed by atoms with Gasteiger partial charge in [0.15, 0.2) is 0 Å². The number of rotatable bonds is 5. The van der Waals surface area contributed by atoms with Gasteiger partial charge in [-0.3, -0.25) is 14.4 Å². The van der Waals surface area contributed by atoms with E-state index >= 15 is 0 Å². The summed E-state index contributed by atoms with van der Waals surface area (Å²) in [5, 5.41) is 8.47. The molecule has 7 heteroatoms. The molecule has 29 heavy (non-hydrogen) atoms. The number of anilines is 2. The van der Waals surface area contributed by atoms with Crippen molar-refractivity contribution in [3.63, 3.8) is 0 Å². The van der Waals surface area contributed by atoms with Crippen molar-refractivity contribution >= 4 is 34.8 Å². The van der Waals surface area contributed by atoms with Crippen molar-refractivity contribution in [1.29, 1.82) is 0 Å². The normalized spacial score (nSPS) is 16.8. The molecule has 0 unspecified atom stereocenters. The number of hydrogen-bond donors (Lipinski definition) is 1. The Morgan fingerprint density at radius 3 is 2.38 bits per heavy atom. The third-order valence-electron chi connectivity index (χ3n) is 5.05. The van der Waals surface area contributed by atoms with Crippen LogP contribution in [0.3, 0.4) is 0 Å². The average molecular weight is 390 g/mol. The van der Waals surface area contributed by atoms with Crippen LogP contribution in [-0.4, -0.2) is 35.0 Å². The van der Waals surface area contributed by atoms with E-state index < -0.39 is 0 Å². The van der Waals surface area contributed by atoms with Crippen molar-refractivity contribution < 1.29 is 14.4 Å². The van der Waals surface area contributed by atoms with Gasteiger partial charge in [-0.25, -0.2) is 5.01 Å². The fourth-order valence-corrected chi connectivity index (χ4v) is 3.49. The van der Waals surface area contributed by atoms with Gasteiger partial charge in [-0.2, -0.15) is 5.10 Å². The largest absolute Gasteiger partial charge is 0.321 e. The summed E-state index contributed by atoms with van der Waals surface area (Å²) in [6.45, 7) is 1.07. The minimum atomic E-state index is -0.319. The molecule has 2 aromatic carbocycles. The lowest BCUT2D eigenvalue weighted by molar-refractivity contribution is -0.132. The summed E-state index contributed by atoms with van der Waals surface area (Å²) < 4.78 is 0. The lowest BCUT2D eigenvalue weighted by Gasteiger charge is -2.23. The number of benzene rings is 2. The molecule has 0 saturated carbocycles. The molecule has 1 saturated heterocycles. The van der Waals surface area contributed by atoms with Crippen LogP contribution in [0.4, 0.5) is 11.4 Å². The van der Waals surface area contributed by atoms with Crippen LogP contribution in [0.1, 0.15) is 31.2 Å². The minimum absolute atomic E-state index is 0.0926. The molecular formula is C22H22N4O3. The van der Waals surface area contributed by atoms with Crippen LogP contribution >= 0.6 is 0 Å². The molecular weight excluding hydrogens is 368 g/mol. The number of carbonyl (C=O) groups is 3. The maximum atomic E-state index is 12.6. The van der Waals surface area contributed by atoms with E-state index in [2.05, 4.69) is 10.4 Å². The van der Waals surface area contributed by atoms with Crippen LogP contribution in [-0.2, 0) is 20.9 Å². The first-order chi connectivity index (χ1) is 14.1. The molecule has 0 spiro atoms. The zero-order valence-corrected chi connectivity index (χ0v) is 16.0. The molecule has 2 aliphatic heterocycles. The molecule has 0 aliphatic carbocycles. The Morgan fingerprint density at radius 2 is 1.69 bits per heavy atom. The summed E-state index contributed by atoms with van der Waals surface area (Å²) in [4.78, 5) is 38.4. The molecule has 2 aliphatic rings. The Bertz CT molecular complexity index is 954. The minimum Gasteiger partial charge on any atom is -0.321 e. The molecule has 3 amide bonds. The van der Waals surface area contributed by atoms with Crippen molar-refractivity contribution in [2.24, 2.45) is 5.10 Å². The maximum Gasteiger partial charge on any atom is 0.271 e. The fourth-order valence-electron chi connectivity index (χ4n) is 3.49. The third kappa shape index (κ3) is 4.34. The molecule has 148 valence electrons. The van der Waals surface area contributed by atoms with Gasteiger partial charge >= 0.3 is 0 Å². The van der Waals surface area contributed by atoms with Crippen LogP contribution in [0.25, 0.3) is 0 Å². The van der Waals surface area contributed by atoms with E-state index in [0.29, 0.717) is 30.8 Å². The highest BCUT2D eigenvalue weighted by Crippen LogP contribution is 2.23. The number of hydrogen-bond acceptors (Lipinski definition) is 4. The quantitative estimate of drug-likeness (QED) is 0.852. The highest BCUT2D eigenvalue weighted by Gasteiger charge is 2.25. The first-order valence-corrected chi connectivity index (χ1v) is 9.74. The Morgan fingerprint density at radius 1 is 0.931 bits per heavy atom. The van der Waals surface area contributed by atoms with Crippen LogP contribution in [0, 0.1) is 0 Å². The Kier molecular flexibility index (Phi) is 5.37. The summed E-state index contributed by atoms with van der Waals surface area (Å²) in [5.74, 6) is -0.285. The Balaban J connectivity index is 1.42. The van der Waals surface area contributed by atoms with Crippen molar-refractivity contribution in [3.05, 3.63) is 60.2 Å². The topological polar surface area (TPSA) is 82.1 Å². The SMILES string of the molecule is O=C(Nc1ccc(N2CCCC2=O)cc1)C1=NN(Cc2ccccc2)C(=O)CC1. The molecule has 2 heterocycles. The highest BCUT2D eigenvalue weighted by atomic mass is 16.2. The van der Waals surface area contributed by atoms with E-state index in [-0.39, 0.29) is 24.1 Å². The molecule has 2 aromatic rings. The summed E-state index contributed by atoms with van der Waals surface area (Å²) in [6, 6.07) is 16.8. The smallest absolute Gasteiger partial charge is 0.271 e. The van der Waals surface area contributed by atoms with E-state index in [1.54, 1.807) is 17.0 Å². The van der Waals surface area contributed by atoms with Crippen molar-refractivity contribution in [1.82, 2.24) is 5.01 Å². The average Bonchev–Trinajstić information content (AvgIpc) is 3.17. The number of amides is 3. The summed E-state index contributed by atoms with van der Waals surface area (Å²) >= 11 is 0. The van der Waals surface area contributed by atoms with Crippen molar-refractivity contribution in [2.75, 3.05) is 16.8 Å². The van der Waals surface area contributed by atoms with Gasteiger partial charge in [0.25, 0.3) is 5.91 Å². The predicted molar refractivity (Wildman–Crippen MR) is 110 cm³/mol. The lowest BCUT2D eigenvalue weighted by Crippen LogP contribution is -2.36. The molecule has 0 aromatic heterocycles. The van der Waals surface area contributed by atoms with E-state index in [0.717, 1.165) is 24.2 Å². The lowest BCUT2D eigenvalue weighted by atomic mass is 10.1. The van der Waals surface area contributed by atoms with Gasteiger partial charge in [0, 0.05) is 37.2 Å². The zero-order valence-electron chi connectivity index (χ0n) is 16.0. The van der Waals surface area contributed by atoms with Gasteiger partial charge in [-0.1, -0.05) is 30.3 Å². The second-order valence-corrected chi connectivity index (χ2v) is 7.13. The monoisotopic (exact) mass is 390 g/mol. The van der Waals surface area contributed by atoms with Gasteiger partial charge in [0.05, 0.1) is 6.54 Å². The van der Waals surface area contributed by atoms with E-state index in [9.17, 15) is 14.4 Å². The zero-order chi connectivity index (χ0) is 20.2. The summed E-state index contributed by atoms with van der Waals surface area (Å²) in [7, 11) is 0. The van der Waals surface area contributed by atoms with Gasteiger partial charge in [-0.05, 0) is 36.2 Å². The molecule has 0 radical (unpaired) electrons. The first kappa shape index (κ1) is 18.9. The molecule has 0 bridgehead atoms. The van der Waals surface area contributed by atoms with Gasteiger partial charge in [-0.15, -0.1) is 0 Å². The second kappa shape index (κ2) is 8.26. The number of carbonyl (C=O) groups excluding carboxylic acids is 3. The van der Waals surface area contributed by atoms with Crippen LogP contribution < -0.4 is 10.2 Å². The molecule has 1 fully saturated rings. The van der Waals surface area contributed by atoms with E-state index in [4.69, 9.17) is 0 Å². The standard InChI is InChI=1S/C22H22N4O3/c27-20-7-4-14-25(20)18-10-8-17(9-11-18)23-22(29)19-12-13-21(28)26(24-19)15-16-5-2-1-3-6-16/h1-3,5-6,8-11H,4,7,12-15H2,(H,23,29). The summed E-state index contributed by atoms with van der Waals surface area (Å²) in [5.41, 5.74) is 2.75. The third-order valence-corrected chi connectivity index (χ3v) is 5.05. The number of hydrazone groups is 1. The van der Waals surface area contributed by atoms with Crippen LogP contribution in [0.15, 0.2) is 59.7 Å². The molecule has 4 rings (SSSR count). The second-order valence-electron chi connectivity index (χ2n) is 7.13. The molecule has 0 atom stereocenters. The van der Waals surface area contributed by atoms with Gasteiger partial charge in [0.1, 0.15) is 5.71 Å². The van der Waals surface area contributed by atoms with Crippen molar-refractivity contribution in [3.8, 4) is 0 Å². The summed E-state index contributed by atoms with van der Waals surface area (Å²) in [6.07, 6.45) is 2.03. The van der Waals surface area contributed by atoms with E-state index in [1.165, 1.54) is 5.01 Å². The van der Waals surface area contributed by atoms with Crippen molar-refractivity contribution in [2.45, 2.75) is 32.2 Å². The number of nitrogens with zero attached hydrogens (tertiary/aromatic N) is 3. The molecule has 7 nitrogen and oxygen atoms in total. The first-order valence-electron chi connectivity index (χ1n) is 9.74. The van der Waals surface area contributed by atoms with Crippen LogP contribution in [0.2, 0.25) is 0 Å². The fraction of sp³-hybridized carbons (Fsp3) is 0.273. The van der Waals surface area contributed by atoms with Gasteiger partial charge in [0.2, 0.25) is 11.8 Å². The van der Waals surface area contributed by atoms with E-state index in [1.807, 2.05) is 42.5 Å². The Hall–Kier alpha value is -3.48. The highest BCUT2D eigenvalue weighted by molar-refractivity contribution is 6.43. The maximum absolute atomic E-state index is 12.6. The number of nitrogens with one attached hydrogen (secondary N) is 1. The van der Waals surface area contributed by atoms with Gasteiger partial charge < -0.3 is 10.2 Å². The van der Waals surface area contributed by atoms with Crippen LogP contribution in [0.5, 0.6) is 0 Å². The Labute approximate surface area is 169 Å². The molecule has 1 N–H and O–H groups in total. The predicted octanol–water partition coefficient (Wildman–Crippen LogP) is 2.93.